The number of hydrogen-bond acceptors (Lipinski definition) is 5. The number of anilines is 1. The van der Waals surface area contributed by atoms with E-state index >= 15 is 0 Å². The summed E-state index contributed by atoms with van der Waals surface area (Å²) in [7, 11) is 2.05. The number of fused-ring (bicyclic) bond motifs is 1. The van der Waals surface area contributed by atoms with Crippen LogP contribution in [-0.2, 0) is 14.9 Å². The predicted octanol–water partition coefficient (Wildman–Crippen LogP) is 4.56. The normalized spacial score (nSPS) is 21.3. The molecule has 3 heterocycles. The summed E-state index contributed by atoms with van der Waals surface area (Å²) in [6.45, 7) is 6.40. The van der Waals surface area contributed by atoms with E-state index in [2.05, 4.69) is 41.9 Å². The van der Waals surface area contributed by atoms with Gasteiger partial charge in [-0.25, -0.2) is 9.79 Å². The summed E-state index contributed by atoms with van der Waals surface area (Å²) in [5, 5.41) is 0. The number of esters is 1. The lowest BCUT2D eigenvalue weighted by Crippen LogP contribution is -2.22. The highest BCUT2D eigenvalue weighted by molar-refractivity contribution is 7.14. The number of nitrogens with zero attached hydrogens (tertiary/aromatic N) is 2. The van der Waals surface area contributed by atoms with E-state index in [-0.39, 0.29) is 5.41 Å². The number of thiophene rings is 1. The third-order valence-electron chi connectivity index (χ3n) is 4.91. The predicted molar refractivity (Wildman–Crippen MR) is 106 cm³/mol. The molecule has 0 saturated heterocycles. The van der Waals surface area contributed by atoms with E-state index in [1.54, 1.807) is 17.4 Å². The largest absolute Gasteiger partial charge is 0.401 e. The number of hydrogen-bond donors (Lipinski definition) is 0. The van der Waals surface area contributed by atoms with Gasteiger partial charge < -0.3 is 9.64 Å². The number of likely N-dealkylation sites (N-methyl/N-ethyl adjacent to an activating group) is 1. The third kappa shape index (κ3) is 2.59. The molecule has 0 saturated carbocycles. The Morgan fingerprint density at radius 3 is 2.62 bits per heavy atom. The fraction of sp³-hybridized carbons (Fsp3) is 0.238. The van der Waals surface area contributed by atoms with Gasteiger partial charge in [0.25, 0.3) is 0 Å². The Bertz CT molecular complexity index is 995. The first-order valence-electron chi connectivity index (χ1n) is 8.51. The lowest BCUT2D eigenvalue weighted by atomic mass is 9.84. The van der Waals surface area contributed by atoms with Crippen molar-refractivity contribution in [3.63, 3.8) is 0 Å². The average molecular weight is 364 g/mol. The molecular formula is C21H20N2O2S. The Labute approximate surface area is 157 Å². The molecule has 0 fully saturated rings. The van der Waals surface area contributed by atoms with Crippen LogP contribution in [0.4, 0.5) is 5.69 Å². The van der Waals surface area contributed by atoms with Gasteiger partial charge in [0.05, 0.1) is 4.88 Å². The molecule has 0 bridgehead atoms. The zero-order chi connectivity index (χ0) is 18.5. The van der Waals surface area contributed by atoms with Gasteiger partial charge in [0.1, 0.15) is 0 Å². The molecule has 2 aromatic rings. The number of para-hydroxylation sites is 1. The Balaban J connectivity index is 1.69. The second-order valence-electron chi connectivity index (χ2n) is 7.02. The fourth-order valence-electron chi connectivity index (χ4n) is 3.54. The third-order valence-corrected chi connectivity index (χ3v) is 5.90. The zero-order valence-electron chi connectivity index (χ0n) is 15.2. The second kappa shape index (κ2) is 5.95. The minimum absolute atomic E-state index is 0.137. The summed E-state index contributed by atoms with van der Waals surface area (Å²) in [6, 6.07) is 12.3. The number of aryl methyl sites for hydroxylation is 1. The summed E-state index contributed by atoms with van der Waals surface area (Å²) in [6.07, 6.45) is 3.73. The molecule has 4 rings (SSSR count). The molecule has 0 N–H and O–H groups in total. The quantitative estimate of drug-likeness (QED) is 0.580. The summed E-state index contributed by atoms with van der Waals surface area (Å²) in [4.78, 5) is 20.8. The Morgan fingerprint density at radius 1 is 1.15 bits per heavy atom. The number of ether oxygens (including phenoxy) is 1. The van der Waals surface area contributed by atoms with Crippen LogP contribution in [0.2, 0.25) is 0 Å². The van der Waals surface area contributed by atoms with Crippen LogP contribution in [-0.4, -0.2) is 18.9 Å². The summed E-state index contributed by atoms with van der Waals surface area (Å²) < 4.78 is 5.34. The topological polar surface area (TPSA) is 41.9 Å². The van der Waals surface area contributed by atoms with Crippen LogP contribution in [0.5, 0.6) is 0 Å². The maximum absolute atomic E-state index is 12.2. The molecule has 132 valence electrons. The molecule has 1 aromatic heterocycles. The molecule has 1 aromatic carbocycles. The maximum Gasteiger partial charge on any atom is 0.363 e. The molecule has 26 heavy (non-hydrogen) atoms. The van der Waals surface area contributed by atoms with Crippen LogP contribution in [0.3, 0.4) is 0 Å². The molecule has 4 nitrogen and oxygen atoms in total. The first-order valence-corrected chi connectivity index (χ1v) is 9.33. The number of allylic oxidation sites excluding steroid dienone is 3. The van der Waals surface area contributed by atoms with Crippen LogP contribution < -0.4 is 4.90 Å². The fourth-order valence-corrected chi connectivity index (χ4v) is 4.33. The van der Waals surface area contributed by atoms with Crippen molar-refractivity contribution in [3.05, 3.63) is 75.3 Å². The highest BCUT2D eigenvalue weighted by Gasteiger charge is 2.38. The van der Waals surface area contributed by atoms with Crippen molar-refractivity contribution in [1.29, 1.82) is 0 Å². The standard InChI is InChI=1S/C21H20N2O2S/c1-13-9-11-17(26-13)19-22-15(20(24)25-19)10-12-18-21(2,3)14-7-5-6-8-16(14)23(18)4/h5-12H,1-4H3/b15-10+,18-12-. The van der Waals surface area contributed by atoms with Crippen LogP contribution in [0, 0.1) is 6.92 Å². The Hall–Kier alpha value is -2.66. The molecule has 5 heteroatoms. The van der Waals surface area contributed by atoms with E-state index < -0.39 is 5.97 Å². The molecule has 0 aliphatic carbocycles. The van der Waals surface area contributed by atoms with E-state index in [0.29, 0.717) is 11.6 Å². The zero-order valence-corrected chi connectivity index (χ0v) is 16.1. The lowest BCUT2D eigenvalue weighted by molar-refractivity contribution is -0.130. The smallest absolute Gasteiger partial charge is 0.363 e. The minimum atomic E-state index is -0.404. The molecular weight excluding hydrogens is 344 g/mol. The minimum Gasteiger partial charge on any atom is -0.401 e. The number of carbonyl (C=O) groups excluding carboxylic acids is 1. The Morgan fingerprint density at radius 2 is 1.92 bits per heavy atom. The lowest BCUT2D eigenvalue weighted by Gasteiger charge is -2.23. The average Bonchev–Trinajstić information content (AvgIpc) is 3.25. The molecule has 0 radical (unpaired) electrons. The van der Waals surface area contributed by atoms with Crippen LogP contribution >= 0.6 is 11.3 Å². The van der Waals surface area contributed by atoms with Crippen molar-refractivity contribution in [3.8, 4) is 0 Å². The summed E-state index contributed by atoms with van der Waals surface area (Å²) in [5.74, 6) is -0.0149. The molecule has 0 unspecified atom stereocenters. The number of benzene rings is 1. The van der Waals surface area contributed by atoms with Gasteiger partial charge in [0, 0.05) is 28.7 Å². The van der Waals surface area contributed by atoms with Gasteiger partial charge in [-0.1, -0.05) is 32.0 Å². The van der Waals surface area contributed by atoms with E-state index in [1.807, 2.05) is 38.2 Å². The number of aliphatic imine (C=N–C) groups is 1. The van der Waals surface area contributed by atoms with Gasteiger partial charge in [-0.3, -0.25) is 0 Å². The highest BCUT2D eigenvalue weighted by atomic mass is 32.1. The van der Waals surface area contributed by atoms with Crippen molar-refractivity contribution in [2.45, 2.75) is 26.2 Å². The van der Waals surface area contributed by atoms with E-state index in [4.69, 9.17) is 4.74 Å². The monoisotopic (exact) mass is 364 g/mol. The van der Waals surface area contributed by atoms with E-state index in [9.17, 15) is 4.79 Å². The van der Waals surface area contributed by atoms with Gasteiger partial charge in [-0.15, -0.1) is 11.3 Å². The molecule has 2 aliphatic heterocycles. The molecule has 2 aliphatic rings. The Kier molecular flexibility index (Phi) is 3.84. The van der Waals surface area contributed by atoms with Gasteiger partial charge >= 0.3 is 5.97 Å². The molecule has 0 spiro atoms. The number of cyclic esters (lactones) is 1. The molecule has 0 amide bonds. The van der Waals surface area contributed by atoms with Crippen molar-refractivity contribution in [2.24, 2.45) is 4.99 Å². The van der Waals surface area contributed by atoms with Gasteiger partial charge in [-0.2, -0.15) is 0 Å². The highest BCUT2D eigenvalue weighted by Crippen LogP contribution is 2.46. The van der Waals surface area contributed by atoms with E-state index in [0.717, 1.165) is 15.5 Å². The SMILES string of the molecule is Cc1ccc(C2=N/C(=C/C=C3\N(C)c4ccccc4C3(C)C)C(=O)O2)s1. The van der Waals surface area contributed by atoms with Crippen LogP contribution in [0.1, 0.15) is 29.2 Å². The van der Waals surface area contributed by atoms with Crippen LogP contribution in [0.15, 0.2) is 64.9 Å². The second-order valence-corrected chi connectivity index (χ2v) is 8.31. The van der Waals surface area contributed by atoms with Crippen molar-refractivity contribution in [1.82, 2.24) is 0 Å². The summed E-state index contributed by atoms with van der Waals surface area (Å²) >= 11 is 1.57. The van der Waals surface area contributed by atoms with Gasteiger partial charge in [-0.05, 0) is 42.8 Å². The molecule has 0 atom stereocenters. The maximum atomic E-state index is 12.2. The van der Waals surface area contributed by atoms with Crippen molar-refractivity contribution >= 4 is 28.9 Å². The van der Waals surface area contributed by atoms with Crippen molar-refractivity contribution < 1.29 is 9.53 Å². The summed E-state index contributed by atoms with van der Waals surface area (Å²) in [5.41, 5.74) is 3.78. The van der Waals surface area contributed by atoms with Gasteiger partial charge in [0.2, 0.25) is 5.90 Å². The van der Waals surface area contributed by atoms with Crippen LogP contribution in [0.25, 0.3) is 0 Å². The first kappa shape index (κ1) is 16.8. The first-order chi connectivity index (χ1) is 12.4. The number of rotatable bonds is 2. The van der Waals surface area contributed by atoms with Crippen molar-refractivity contribution in [2.75, 3.05) is 11.9 Å². The van der Waals surface area contributed by atoms with Gasteiger partial charge in [0.15, 0.2) is 5.70 Å². The number of carbonyl (C=O) groups is 1. The van der Waals surface area contributed by atoms with E-state index in [1.165, 1.54) is 11.3 Å².